The van der Waals surface area contributed by atoms with Gasteiger partial charge in [0, 0.05) is 18.1 Å². The summed E-state index contributed by atoms with van der Waals surface area (Å²) >= 11 is 6.01. The van der Waals surface area contributed by atoms with Crippen molar-refractivity contribution in [2.24, 2.45) is 0 Å². The molecule has 208 valence electrons. The fraction of sp³-hybridized carbons (Fsp3) is 0.333. The molecule has 9 heteroatoms. The number of nitrogens with one attached hydrogen (secondary N) is 1. The van der Waals surface area contributed by atoms with Crippen LogP contribution in [0.4, 0.5) is 5.69 Å². The summed E-state index contributed by atoms with van der Waals surface area (Å²) < 4.78 is 28.9. The maximum absolute atomic E-state index is 14.0. The third kappa shape index (κ3) is 7.40. The molecule has 0 saturated heterocycles. The maximum atomic E-state index is 14.0. The highest BCUT2D eigenvalue weighted by Crippen LogP contribution is 2.27. The predicted molar refractivity (Wildman–Crippen MR) is 156 cm³/mol. The molecule has 0 heterocycles. The summed E-state index contributed by atoms with van der Waals surface area (Å²) in [5, 5.41) is 3.25. The molecule has 3 aromatic rings. The zero-order valence-electron chi connectivity index (χ0n) is 23.1. The van der Waals surface area contributed by atoms with E-state index in [-0.39, 0.29) is 17.3 Å². The zero-order valence-corrected chi connectivity index (χ0v) is 24.6. The van der Waals surface area contributed by atoms with E-state index in [4.69, 9.17) is 11.6 Å². The Kier molecular flexibility index (Phi) is 10.2. The molecule has 0 radical (unpaired) electrons. The fourth-order valence-electron chi connectivity index (χ4n) is 4.09. The van der Waals surface area contributed by atoms with Crippen LogP contribution >= 0.6 is 11.6 Å². The lowest BCUT2D eigenvalue weighted by Crippen LogP contribution is -2.51. The Morgan fingerprint density at radius 1 is 0.923 bits per heavy atom. The van der Waals surface area contributed by atoms with Crippen LogP contribution in [0.2, 0.25) is 5.02 Å². The Morgan fingerprint density at radius 3 is 2.21 bits per heavy atom. The third-order valence-electron chi connectivity index (χ3n) is 6.78. The van der Waals surface area contributed by atoms with Gasteiger partial charge in [-0.1, -0.05) is 48.9 Å². The number of anilines is 1. The van der Waals surface area contributed by atoms with Crippen molar-refractivity contribution in [1.82, 2.24) is 10.2 Å². The number of sulfonamides is 1. The van der Waals surface area contributed by atoms with E-state index in [1.54, 1.807) is 19.1 Å². The molecule has 2 amide bonds. The van der Waals surface area contributed by atoms with Crippen LogP contribution in [-0.4, -0.2) is 44.3 Å². The van der Waals surface area contributed by atoms with Crippen molar-refractivity contribution in [3.8, 4) is 0 Å². The van der Waals surface area contributed by atoms with Crippen LogP contribution in [0.1, 0.15) is 42.5 Å². The number of aryl methyl sites for hydroxylation is 3. The Bertz CT molecular complexity index is 1420. The Morgan fingerprint density at radius 2 is 1.59 bits per heavy atom. The van der Waals surface area contributed by atoms with E-state index in [2.05, 4.69) is 5.32 Å². The molecular weight excluding hydrogens is 534 g/mol. The average Bonchev–Trinajstić information content (AvgIpc) is 2.91. The Balaban J connectivity index is 2.05. The number of hydrogen-bond acceptors (Lipinski definition) is 4. The van der Waals surface area contributed by atoms with E-state index in [0.717, 1.165) is 33.0 Å². The molecule has 3 rings (SSSR count). The molecule has 0 aliphatic carbocycles. The molecule has 0 aliphatic heterocycles. The lowest BCUT2D eigenvalue weighted by molar-refractivity contribution is -0.139. The second-order valence-corrected chi connectivity index (χ2v) is 11.9. The second kappa shape index (κ2) is 13.1. The SMILES string of the molecule is CCCNC(=O)[C@H](C)N(Cc1ccccc1C)C(=O)CN(c1ccc(C)c(C)c1)S(=O)(=O)c1ccc(Cl)cc1. The lowest BCUT2D eigenvalue weighted by atomic mass is 10.1. The molecule has 7 nitrogen and oxygen atoms in total. The number of hydrogen-bond donors (Lipinski definition) is 1. The van der Waals surface area contributed by atoms with Gasteiger partial charge in [0.2, 0.25) is 11.8 Å². The topological polar surface area (TPSA) is 86.8 Å². The van der Waals surface area contributed by atoms with Crippen molar-refractivity contribution in [2.75, 3.05) is 17.4 Å². The summed E-state index contributed by atoms with van der Waals surface area (Å²) in [6, 6.07) is 17.9. The first-order chi connectivity index (χ1) is 18.4. The fourth-order valence-corrected chi connectivity index (χ4v) is 5.62. The standard InChI is InChI=1S/C30H36ClN3O4S/c1-6-17-32-30(36)24(5)33(19-25-10-8-7-9-22(25)3)29(35)20-34(27-14-11-21(2)23(4)18-27)39(37,38)28-15-12-26(31)13-16-28/h7-16,18,24H,6,17,19-20H2,1-5H3,(H,32,36)/t24-/m0/s1. The molecule has 0 saturated carbocycles. The van der Waals surface area contributed by atoms with Gasteiger partial charge < -0.3 is 10.2 Å². The number of halogens is 1. The van der Waals surface area contributed by atoms with Gasteiger partial charge in [-0.25, -0.2) is 8.42 Å². The normalized spacial score (nSPS) is 12.1. The minimum absolute atomic E-state index is 0.0112. The van der Waals surface area contributed by atoms with E-state index in [9.17, 15) is 18.0 Å². The number of rotatable bonds is 11. The van der Waals surface area contributed by atoms with E-state index < -0.39 is 28.5 Å². The molecule has 39 heavy (non-hydrogen) atoms. The van der Waals surface area contributed by atoms with Crippen LogP contribution in [0, 0.1) is 20.8 Å². The molecule has 1 N–H and O–H groups in total. The smallest absolute Gasteiger partial charge is 0.264 e. The maximum Gasteiger partial charge on any atom is 0.264 e. The van der Waals surface area contributed by atoms with Crippen molar-refractivity contribution in [2.45, 2.75) is 58.5 Å². The summed E-state index contributed by atoms with van der Waals surface area (Å²) in [6.07, 6.45) is 0.754. The van der Waals surface area contributed by atoms with E-state index in [1.165, 1.54) is 29.2 Å². The van der Waals surface area contributed by atoms with Gasteiger partial charge in [-0.3, -0.25) is 13.9 Å². The van der Waals surface area contributed by atoms with Gasteiger partial charge in [-0.2, -0.15) is 0 Å². The molecule has 3 aromatic carbocycles. The molecule has 0 fully saturated rings. The summed E-state index contributed by atoms with van der Waals surface area (Å²) in [4.78, 5) is 28.4. The second-order valence-electron chi connectivity index (χ2n) is 9.65. The van der Waals surface area contributed by atoms with Crippen molar-refractivity contribution in [3.63, 3.8) is 0 Å². The quantitative estimate of drug-likeness (QED) is 0.335. The van der Waals surface area contributed by atoms with Gasteiger partial charge >= 0.3 is 0 Å². The summed E-state index contributed by atoms with van der Waals surface area (Å²) in [7, 11) is -4.14. The predicted octanol–water partition coefficient (Wildman–Crippen LogP) is 5.40. The first kappa shape index (κ1) is 30.2. The minimum atomic E-state index is -4.14. The van der Waals surface area contributed by atoms with Crippen LogP contribution in [0.15, 0.2) is 71.6 Å². The van der Waals surface area contributed by atoms with Gasteiger partial charge in [0.1, 0.15) is 12.6 Å². The lowest BCUT2D eigenvalue weighted by Gasteiger charge is -2.32. The van der Waals surface area contributed by atoms with Crippen LogP contribution in [0.5, 0.6) is 0 Å². The van der Waals surface area contributed by atoms with Gasteiger partial charge in [0.05, 0.1) is 10.6 Å². The highest BCUT2D eigenvalue weighted by Gasteiger charge is 2.32. The van der Waals surface area contributed by atoms with Crippen LogP contribution in [-0.2, 0) is 26.2 Å². The van der Waals surface area contributed by atoms with Crippen LogP contribution in [0.25, 0.3) is 0 Å². The Labute approximate surface area is 236 Å². The largest absolute Gasteiger partial charge is 0.354 e. The number of carbonyl (C=O) groups is 2. The summed E-state index contributed by atoms with van der Waals surface area (Å²) in [5.41, 5.74) is 4.09. The number of carbonyl (C=O) groups excluding carboxylic acids is 2. The van der Waals surface area contributed by atoms with Crippen molar-refractivity contribution >= 4 is 39.1 Å². The molecule has 0 aliphatic rings. The highest BCUT2D eigenvalue weighted by molar-refractivity contribution is 7.92. The van der Waals surface area contributed by atoms with Crippen molar-refractivity contribution < 1.29 is 18.0 Å². The van der Waals surface area contributed by atoms with Crippen molar-refractivity contribution in [3.05, 3.63) is 94.0 Å². The Hall–Kier alpha value is -3.36. The summed E-state index contributed by atoms with van der Waals surface area (Å²) in [5.74, 6) is -0.787. The van der Waals surface area contributed by atoms with Gasteiger partial charge in [0.25, 0.3) is 10.0 Å². The average molecular weight is 570 g/mol. The van der Waals surface area contributed by atoms with Crippen LogP contribution in [0.3, 0.4) is 0 Å². The zero-order chi connectivity index (χ0) is 28.7. The molecular formula is C30H36ClN3O4S. The number of nitrogens with zero attached hydrogens (tertiary/aromatic N) is 2. The van der Waals surface area contributed by atoms with Crippen LogP contribution < -0.4 is 9.62 Å². The molecule has 0 unspecified atom stereocenters. The van der Waals surface area contributed by atoms with Crippen molar-refractivity contribution in [1.29, 1.82) is 0 Å². The minimum Gasteiger partial charge on any atom is -0.354 e. The third-order valence-corrected chi connectivity index (χ3v) is 8.82. The number of benzene rings is 3. The van der Waals surface area contributed by atoms with E-state index in [0.29, 0.717) is 17.3 Å². The summed E-state index contributed by atoms with van der Waals surface area (Å²) in [6.45, 7) is 9.53. The van der Waals surface area contributed by atoms with Gasteiger partial charge in [-0.05, 0) is 92.8 Å². The number of amides is 2. The first-order valence-electron chi connectivity index (χ1n) is 12.9. The highest BCUT2D eigenvalue weighted by atomic mass is 35.5. The van der Waals surface area contributed by atoms with E-state index >= 15 is 0 Å². The molecule has 0 aromatic heterocycles. The van der Waals surface area contributed by atoms with E-state index in [1.807, 2.05) is 58.0 Å². The molecule has 0 bridgehead atoms. The van der Waals surface area contributed by atoms with Gasteiger partial charge in [0.15, 0.2) is 0 Å². The monoisotopic (exact) mass is 569 g/mol. The molecule has 1 atom stereocenters. The van der Waals surface area contributed by atoms with Gasteiger partial charge in [-0.15, -0.1) is 0 Å². The molecule has 0 spiro atoms. The first-order valence-corrected chi connectivity index (χ1v) is 14.7.